The van der Waals surface area contributed by atoms with Crippen molar-refractivity contribution in [3.8, 4) is 0 Å². The Bertz CT molecular complexity index is 938. The number of aliphatic hydroxyl groups is 1. The maximum absolute atomic E-state index is 12.5. The van der Waals surface area contributed by atoms with Crippen LogP contribution in [0.3, 0.4) is 0 Å². The Kier molecular flexibility index (Phi) is 7.37. The van der Waals surface area contributed by atoms with Crippen molar-refractivity contribution in [3.63, 3.8) is 0 Å². The van der Waals surface area contributed by atoms with Gasteiger partial charge >= 0.3 is 0 Å². The van der Waals surface area contributed by atoms with Crippen LogP contribution in [-0.4, -0.2) is 60.4 Å². The molecule has 3 N–H and O–H groups in total. The van der Waals surface area contributed by atoms with E-state index in [2.05, 4.69) is 27.1 Å². The molecule has 2 aromatic rings. The molecule has 1 amide bonds. The van der Waals surface area contributed by atoms with Crippen LogP contribution in [0.25, 0.3) is 11.0 Å². The summed E-state index contributed by atoms with van der Waals surface area (Å²) >= 11 is 0. The van der Waals surface area contributed by atoms with Crippen LogP contribution in [0.2, 0.25) is 0 Å². The molecule has 3 rings (SSSR count). The van der Waals surface area contributed by atoms with Gasteiger partial charge in [-0.2, -0.15) is 0 Å². The van der Waals surface area contributed by atoms with Crippen molar-refractivity contribution in [2.45, 2.75) is 19.9 Å². The zero-order valence-electron chi connectivity index (χ0n) is 17.5. The molecule has 1 aliphatic rings. The van der Waals surface area contributed by atoms with Gasteiger partial charge in [0.25, 0.3) is 5.91 Å². The Morgan fingerprint density at radius 1 is 1.40 bits per heavy atom. The highest BCUT2D eigenvalue weighted by atomic mass is 16.5. The predicted molar refractivity (Wildman–Crippen MR) is 117 cm³/mol. The molecule has 1 saturated heterocycles. The van der Waals surface area contributed by atoms with Gasteiger partial charge < -0.3 is 25.4 Å². The molecular weight excluding hydrogens is 382 g/mol. The number of carbonyl (C=O) groups is 1. The van der Waals surface area contributed by atoms with Crippen molar-refractivity contribution >= 4 is 22.8 Å². The summed E-state index contributed by atoms with van der Waals surface area (Å²) in [7, 11) is 0. The van der Waals surface area contributed by atoms with Gasteiger partial charge in [0.05, 0.1) is 43.1 Å². The Hall–Kier alpha value is -2.97. The van der Waals surface area contributed by atoms with E-state index in [0.29, 0.717) is 24.3 Å². The van der Waals surface area contributed by atoms with Crippen molar-refractivity contribution < 1.29 is 14.6 Å². The summed E-state index contributed by atoms with van der Waals surface area (Å²) in [6.07, 6.45) is 5.43. The van der Waals surface area contributed by atoms with Crippen LogP contribution in [0, 0.1) is 0 Å². The lowest BCUT2D eigenvalue weighted by molar-refractivity contribution is 0.0944. The van der Waals surface area contributed by atoms with E-state index in [4.69, 9.17) is 14.8 Å². The zero-order chi connectivity index (χ0) is 21.5. The third-order valence-electron chi connectivity index (χ3n) is 5.04. The number of amides is 1. The first-order chi connectivity index (χ1) is 14.6. The van der Waals surface area contributed by atoms with Crippen LogP contribution in [0.15, 0.2) is 42.8 Å². The van der Waals surface area contributed by atoms with Crippen LogP contribution in [-0.2, 0) is 4.74 Å². The maximum atomic E-state index is 12.5. The number of nitrogens with one attached hydrogen (secondary N) is 2. The summed E-state index contributed by atoms with van der Waals surface area (Å²) in [6, 6.07) is 3.44. The third kappa shape index (κ3) is 4.95. The van der Waals surface area contributed by atoms with Gasteiger partial charge in [-0.1, -0.05) is 12.7 Å². The molecule has 0 aliphatic carbocycles. The molecule has 2 heterocycles. The highest BCUT2D eigenvalue weighted by Gasteiger charge is 2.19. The number of anilines is 1. The highest BCUT2D eigenvalue weighted by molar-refractivity contribution is 5.98. The SMILES string of the molecule is C=C/C(=C\C)NC(C)c1cc(C(=O)NCCO)cc2ncc(N3CCOCC3)nc12. The van der Waals surface area contributed by atoms with Gasteiger partial charge in [-0.05, 0) is 32.1 Å². The van der Waals surface area contributed by atoms with Crippen LogP contribution in [0.5, 0.6) is 0 Å². The van der Waals surface area contributed by atoms with E-state index >= 15 is 0 Å². The summed E-state index contributed by atoms with van der Waals surface area (Å²) in [5.74, 6) is 0.542. The van der Waals surface area contributed by atoms with Gasteiger partial charge in [0, 0.05) is 36.5 Å². The second kappa shape index (κ2) is 10.2. The number of allylic oxidation sites excluding steroid dienone is 2. The molecule has 0 spiro atoms. The van der Waals surface area contributed by atoms with E-state index < -0.39 is 0 Å². The summed E-state index contributed by atoms with van der Waals surface area (Å²) in [5, 5.41) is 15.1. The standard InChI is InChI=1S/C22H29N5O3/c1-4-17(5-2)25-15(3)18-12-16(22(29)23-6-9-28)13-19-21(18)26-20(14-24-19)27-7-10-30-11-8-27/h4-5,12-15,25,28H,1,6-11H2,2-3H3,(H,23,29)/b17-5+. The van der Waals surface area contributed by atoms with Crippen molar-refractivity contribution in [3.05, 3.63) is 53.9 Å². The fraction of sp³-hybridized carbons (Fsp3) is 0.409. The molecule has 8 nitrogen and oxygen atoms in total. The minimum atomic E-state index is -0.256. The number of aromatic nitrogens is 2. The van der Waals surface area contributed by atoms with E-state index in [1.54, 1.807) is 18.3 Å². The van der Waals surface area contributed by atoms with Crippen LogP contribution >= 0.6 is 0 Å². The van der Waals surface area contributed by atoms with E-state index in [1.807, 2.05) is 26.0 Å². The van der Waals surface area contributed by atoms with E-state index in [-0.39, 0.29) is 25.1 Å². The first-order valence-electron chi connectivity index (χ1n) is 10.1. The molecule has 30 heavy (non-hydrogen) atoms. The van der Waals surface area contributed by atoms with Gasteiger partial charge in [-0.15, -0.1) is 0 Å². The minimum absolute atomic E-state index is 0.114. The number of ether oxygens (including phenoxy) is 1. The van der Waals surface area contributed by atoms with Gasteiger partial charge in [0.15, 0.2) is 0 Å². The fourth-order valence-electron chi connectivity index (χ4n) is 3.40. The quantitative estimate of drug-likeness (QED) is 0.571. The number of nitrogens with zero attached hydrogens (tertiary/aromatic N) is 3. The minimum Gasteiger partial charge on any atom is -0.395 e. The topological polar surface area (TPSA) is 99.6 Å². The summed E-state index contributed by atoms with van der Waals surface area (Å²) in [5.41, 5.74) is 3.63. The Labute approximate surface area is 176 Å². The van der Waals surface area contributed by atoms with Crippen LogP contribution in [0.4, 0.5) is 5.82 Å². The lowest BCUT2D eigenvalue weighted by atomic mass is 10.0. The fourth-order valence-corrected chi connectivity index (χ4v) is 3.40. The molecule has 0 radical (unpaired) electrons. The van der Waals surface area contributed by atoms with Crippen molar-refractivity contribution in [1.82, 2.24) is 20.6 Å². The van der Waals surface area contributed by atoms with E-state index in [0.717, 1.165) is 35.7 Å². The van der Waals surface area contributed by atoms with Crippen LogP contribution < -0.4 is 15.5 Å². The Morgan fingerprint density at radius 3 is 2.83 bits per heavy atom. The molecule has 0 saturated carbocycles. The molecule has 1 fully saturated rings. The zero-order valence-corrected chi connectivity index (χ0v) is 17.5. The number of aliphatic hydroxyl groups excluding tert-OH is 1. The number of fused-ring (bicyclic) bond motifs is 1. The smallest absolute Gasteiger partial charge is 0.251 e. The number of benzene rings is 1. The van der Waals surface area contributed by atoms with Gasteiger partial charge in [-0.25, -0.2) is 4.98 Å². The van der Waals surface area contributed by atoms with Crippen molar-refractivity contribution in [2.75, 3.05) is 44.4 Å². The third-order valence-corrected chi connectivity index (χ3v) is 5.04. The maximum Gasteiger partial charge on any atom is 0.251 e. The summed E-state index contributed by atoms with van der Waals surface area (Å²) in [4.78, 5) is 24.2. The molecule has 160 valence electrons. The average Bonchev–Trinajstić information content (AvgIpc) is 2.80. The van der Waals surface area contributed by atoms with Crippen molar-refractivity contribution in [2.24, 2.45) is 0 Å². The molecule has 1 aromatic carbocycles. The van der Waals surface area contributed by atoms with Crippen molar-refractivity contribution in [1.29, 1.82) is 0 Å². The largest absolute Gasteiger partial charge is 0.395 e. The average molecular weight is 412 g/mol. The first-order valence-corrected chi connectivity index (χ1v) is 10.1. The Morgan fingerprint density at radius 2 is 2.17 bits per heavy atom. The van der Waals surface area contributed by atoms with Gasteiger partial charge in [0.2, 0.25) is 0 Å². The normalized spacial score (nSPS) is 15.7. The predicted octanol–water partition coefficient (Wildman–Crippen LogP) is 1.93. The summed E-state index contributed by atoms with van der Waals surface area (Å²) < 4.78 is 5.44. The first kappa shape index (κ1) is 21.7. The van der Waals surface area contributed by atoms with E-state index in [9.17, 15) is 4.79 Å². The monoisotopic (exact) mass is 411 g/mol. The molecular formula is C22H29N5O3. The van der Waals surface area contributed by atoms with Gasteiger partial charge in [-0.3, -0.25) is 9.78 Å². The van der Waals surface area contributed by atoms with Crippen LogP contribution in [0.1, 0.15) is 35.8 Å². The molecule has 1 atom stereocenters. The molecule has 1 aliphatic heterocycles. The molecule has 1 unspecified atom stereocenters. The molecule has 8 heteroatoms. The number of rotatable bonds is 8. The number of morpholine rings is 1. The number of carbonyl (C=O) groups excluding carboxylic acids is 1. The van der Waals surface area contributed by atoms with E-state index in [1.165, 1.54) is 0 Å². The lowest BCUT2D eigenvalue weighted by Gasteiger charge is -2.28. The highest BCUT2D eigenvalue weighted by Crippen LogP contribution is 2.27. The molecule has 1 aromatic heterocycles. The van der Waals surface area contributed by atoms with Gasteiger partial charge in [0.1, 0.15) is 5.82 Å². The lowest BCUT2D eigenvalue weighted by Crippen LogP contribution is -2.36. The summed E-state index contributed by atoms with van der Waals surface area (Å²) in [6.45, 7) is 10.7. The Balaban J connectivity index is 2.05. The second-order valence-electron chi connectivity index (χ2n) is 7.05. The number of hydrogen-bond acceptors (Lipinski definition) is 7. The second-order valence-corrected chi connectivity index (χ2v) is 7.05. The molecule has 0 bridgehead atoms. The number of hydrogen-bond donors (Lipinski definition) is 3.